The molecule has 14 heavy (non-hydrogen) atoms. The molecule has 1 aliphatic rings. The molecule has 1 aromatic rings. The van der Waals surface area contributed by atoms with Crippen molar-refractivity contribution in [2.45, 2.75) is 38.6 Å². The molecule has 1 nitrogen and oxygen atoms in total. The van der Waals surface area contributed by atoms with Crippen LogP contribution in [0, 0.1) is 5.41 Å². The van der Waals surface area contributed by atoms with Gasteiger partial charge in [-0.2, -0.15) is 11.3 Å². The minimum atomic E-state index is 0.468. The highest BCUT2D eigenvalue weighted by molar-refractivity contribution is 7.08. The molecule has 0 saturated heterocycles. The van der Waals surface area contributed by atoms with E-state index in [1.54, 1.807) is 5.56 Å². The molecule has 0 amide bonds. The van der Waals surface area contributed by atoms with Crippen LogP contribution in [-0.2, 0) is 0 Å². The van der Waals surface area contributed by atoms with Crippen LogP contribution in [0.5, 0.6) is 0 Å². The van der Waals surface area contributed by atoms with Crippen molar-refractivity contribution in [2.24, 2.45) is 5.41 Å². The first kappa shape index (κ1) is 10.2. The molecule has 0 aliphatic heterocycles. The first-order valence-corrected chi connectivity index (χ1v) is 6.36. The van der Waals surface area contributed by atoms with Crippen molar-refractivity contribution in [3.05, 3.63) is 22.4 Å². The van der Waals surface area contributed by atoms with E-state index in [4.69, 9.17) is 0 Å². The lowest BCUT2D eigenvalue weighted by atomic mass is 9.54. The van der Waals surface area contributed by atoms with Gasteiger partial charge in [-0.1, -0.05) is 13.8 Å². The summed E-state index contributed by atoms with van der Waals surface area (Å²) in [5.41, 5.74) is 2.02. The van der Waals surface area contributed by atoms with E-state index in [-0.39, 0.29) is 0 Å². The zero-order valence-corrected chi connectivity index (χ0v) is 10.0. The number of hydrogen-bond acceptors (Lipinski definition) is 2. The van der Waals surface area contributed by atoms with Crippen molar-refractivity contribution in [2.75, 3.05) is 7.05 Å². The van der Waals surface area contributed by atoms with Crippen molar-refractivity contribution >= 4 is 11.3 Å². The molecule has 1 saturated carbocycles. The summed E-state index contributed by atoms with van der Waals surface area (Å²) in [6, 6.07) is 2.99. The highest BCUT2D eigenvalue weighted by Gasteiger charge is 2.49. The monoisotopic (exact) mass is 209 g/mol. The Hall–Kier alpha value is -0.340. The maximum atomic E-state index is 3.44. The highest BCUT2D eigenvalue weighted by atomic mass is 32.1. The fourth-order valence-electron chi connectivity index (χ4n) is 2.79. The summed E-state index contributed by atoms with van der Waals surface area (Å²) in [5, 5.41) is 7.94. The van der Waals surface area contributed by atoms with Crippen LogP contribution in [0.3, 0.4) is 0 Å². The molecule has 0 aromatic carbocycles. The zero-order chi connectivity index (χ0) is 10.2. The second-order valence-electron chi connectivity index (χ2n) is 4.55. The fourth-order valence-corrected chi connectivity index (χ4v) is 3.50. The Morgan fingerprint density at radius 1 is 1.64 bits per heavy atom. The molecule has 0 bridgehead atoms. The first-order chi connectivity index (χ1) is 6.72. The summed E-state index contributed by atoms with van der Waals surface area (Å²) >= 11 is 1.82. The maximum absolute atomic E-state index is 3.44. The first-order valence-electron chi connectivity index (χ1n) is 5.41. The molecule has 1 aliphatic carbocycles. The normalized spacial score (nSPS) is 36.8. The van der Waals surface area contributed by atoms with Gasteiger partial charge in [0.05, 0.1) is 0 Å². The van der Waals surface area contributed by atoms with Crippen LogP contribution >= 0.6 is 11.3 Å². The van der Waals surface area contributed by atoms with E-state index >= 15 is 0 Å². The largest absolute Gasteiger partial charge is 0.316 e. The zero-order valence-electron chi connectivity index (χ0n) is 9.21. The standard InChI is InChI=1S/C12H19NS/c1-4-12(2)10(7-11(12)13-3)9-5-6-14-8-9/h5-6,8,10-11,13H,4,7H2,1-3H3. The molecule has 1 fully saturated rings. The number of hydrogen-bond donors (Lipinski definition) is 1. The molecule has 0 radical (unpaired) electrons. The van der Waals surface area contributed by atoms with Gasteiger partial charge in [-0.15, -0.1) is 0 Å². The molecule has 1 N–H and O–H groups in total. The van der Waals surface area contributed by atoms with Gasteiger partial charge in [0, 0.05) is 6.04 Å². The summed E-state index contributed by atoms with van der Waals surface area (Å²) in [6.45, 7) is 4.73. The van der Waals surface area contributed by atoms with E-state index in [0.717, 1.165) is 5.92 Å². The average molecular weight is 209 g/mol. The molecular weight excluding hydrogens is 190 g/mol. The van der Waals surface area contributed by atoms with Crippen molar-refractivity contribution in [3.8, 4) is 0 Å². The third kappa shape index (κ3) is 1.32. The lowest BCUT2D eigenvalue weighted by Gasteiger charge is -2.54. The second-order valence-corrected chi connectivity index (χ2v) is 5.33. The third-order valence-corrected chi connectivity index (χ3v) is 4.82. The van der Waals surface area contributed by atoms with E-state index in [1.807, 2.05) is 11.3 Å². The van der Waals surface area contributed by atoms with Gasteiger partial charge in [0.1, 0.15) is 0 Å². The van der Waals surface area contributed by atoms with Gasteiger partial charge in [0.15, 0.2) is 0 Å². The van der Waals surface area contributed by atoms with Crippen LogP contribution in [-0.4, -0.2) is 13.1 Å². The fraction of sp³-hybridized carbons (Fsp3) is 0.667. The van der Waals surface area contributed by atoms with Crippen LogP contribution in [0.15, 0.2) is 16.8 Å². The van der Waals surface area contributed by atoms with Gasteiger partial charge < -0.3 is 5.32 Å². The minimum absolute atomic E-state index is 0.468. The third-order valence-electron chi connectivity index (χ3n) is 4.12. The average Bonchev–Trinajstić information content (AvgIpc) is 2.69. The number of rotatable bonds is 3. The van der Waals surface area contributed by atoms with Crippen molar-refractivity contribution < 1.29 is 0 Å². The molecule has 2 rings (SSSR count). The Labute approximate surface area is 90.5 Å². The van der Waals surface area contributed by atoms with Gasteiger partial charge in [-0.3, -0.25) is 0 Å². The van der Waals surface area contributed by atoms with E-state index in [2.05, 4.69) is 43.0 Å². The predicted molar refractivity (Wildman–Crippen MR) is 62.9 cm³/mol. The van der Waals surface area contributed by atoms with Crippen LogP contribution < -0.4 is 5.32 Å². The van der Waals surface area contributed by atoms with Gasteiger partial charge in [-0.05, 0) is 53.6 Å². The summed E-state index contributed by atoms with van der Waals surface area (Å²) in [4.78, 5) is 0. The van der Waals surface area contributed by atoms with E-state index in [9.17, 15) is 0 Å². The van der Waals surface area contributed by atoms with Crippen molar-refractivity contribution in [1.82, 2.24) is 5.32 Å². The second kappa shape index (κ2) is 3.67. The summed E-state index contributed by atoms with van der Waals surface area (Å²) < 4.78 is 0. The van der Waals surface area contributed by atoms with Crippen LogP contribution in [0.1, 0.15) is 38.2 Å². The van der Waals surface area contributed by atoms with Crippen molar-refractivity contribution in [3.63, 3.8) is 0 Å². The molecule has 3 atom stereocenters. The van der Waals surface area contributed by atoms with Crippen molar-refractivity contribution in [1.29, 1.82) is 0 Å². The van der Waals surface area contributed by atoms with Gasteiger partial charge >= 0.3 is 0 Å². The van der Waals surface area contributed by atoms with E-state index in [1.165, 1.54) is 12.8 Å². The Kier molecular flexibility index (Phi) is 2.67. The van der Waals surface area contributed by atoms with E-state index < -0.39 is 0 Å². The van der Waals surface area contributed by atoms with Gasteiger partial charge in [0.25, 0.3) is 0 Å². The topological polar surface area (TPSA) is 12.0 Å². The Morgan fingerprint density at radius 2 is 2.43 bits per heavy atom. The van der Waals surface area contributed by atoms with Gasteiger partial charge in [0.2, 0.25) is 0 Å². The minimum Gasteiger partial charge on any atom is -0.316 e. The van der Waals surface area contributed by atoms with Gasteiger partial charge in [-0.25, -0.2) is 0 Å². The van der Waals surface area contributed by atoms with E-state index in [0.29, 0.717) is 11.5 Å². The maximum Gasteiger partial charge on any atom is 0.0130 e. The highest BCUT2D eigenvalue weighted by Crippen LogP contribution is 2.54. The van der Waals surface area contributed by atoms with Crippen LogP contribution in [0.4, 0.5) is 0 Å². The predicted octanol–water partition coefficient (Wildman–Crippen LogP) is 3.24. The quantitative estimate of drug-likeness (QED) is 0.806. The molecule has 2 heteroatoms. The lowest BCUT2D eigenvalue weighted by Crippen LogP contribution is -2.55. The lowest BCUT2D eigenvalue weighted by molar-refractivity contribution is 0.0497. The molecule has 1 aromatic heterocycles. The Balaban J connectivity index is 2.17. The molecular formula is C12H19NS. The molecule has 1 heterocycles. The molecule has 78 valence electrons. The smallest absolute Gasteiger partial charge is 0.0130 e. The SMILES string of the molecule is CCC1(C)C(NC)CC1c1ccsc1. The Morgan fingerprint density at radius 3 is 2.93 bits per heavy atom. The van der Waals surface area contributed by atoms with Crippen LogP contribution in [0.2, 0.25) is 0 Å². The summed E-state index contributed by atoms with van der Waals surface area (Å²) in [7, 11) is 2.09. The Bertz CT molecular complexity index is 293. The summed E-state index contributed by atoms with van der Waals surface area (Å²) in [6.07, 6.45) is 2.57. The molecule has 0 spiro atoms. The van der Waals surface area contributed by atoms with Crippen LogP contribution in [0.25, 0.3) is 0 Å². The number of nitrogens with one attached hydrogen (secondary N) is 1. The summed E-state index contributed by atoms with van der Waals surface area (Å²) in [5.74, 6) is 0.774. The number of thiophene rings is 1. The molecule has 3 unspecified atom stereocenters.